The van der Waals surface area contributed by atoms with Crippen molar-refractivity contribution in [3.05, 3.63) is 127 Å². The van der Waals surface area contributed by atoms with Crippen molar-refractivity contribution in [1.82, 2.24) is 0 Å². The van der Waals surface area contributed by atoms with E-state index in [9.17, 15) is 0 Å². The van der Waals surface area contributed by atoms with Crippen LogP contribution in [0.25, 0.3) is 28.0 Å². The Kier molecular flexibility index (Phi) is 5.49. The van der Waals surface area contributed by atoms with Crippen LogP contribution in [0.1, 0.15) is 18.1 Å². The summed E-state index contributed by atoms with van der Waals surface area (Å²) in [4.78, 5) is 4.74. The lowest BCUT2D eigenvalue weighted by Gasteiger charge is -2.07. The van der Waals surface area contributed by atoms with Crippen molar-refractivity contribution < 1.29 is 0 Å². The van der Waals surface area contributed by atoms with Crippen LogP contribution in [-0.4, -0.2) is 5.71 Å². The zero-order chi connectivity index (χ0) is 20.1. The summed E-state index contributed by atoms with van der Waals surface area (Å²) in [5, 5.41) is 0. The highest BCUT2D eigenvalue weighted by Gasteiger charge is 2.04. The molecule has 0 amide bonds. The average Bonchev–Trinajstić information content (AvgIpc) is 2.80. The molecule has 0 bridgehead atoms. The first kappa shape index (κ1) is 18.6. The van der Waals surface area contributed by atoms with Crippen molar-refractivity contribution in [2.24, 2.45) is 4.99 Å². The van der Waals surface area contributed by atoms with Gasteiger partial charge in [0, 0.05) is 5.71 Å². The van der Waals surface area contributed by atoms with E-state index in [0.717, 1.165) is 22.5 Å². The minimum Gasteiger partial charge on any atom is -0.253 e. The summed E-state index contributed by atoms with van der Waals surface area (Å²) < 4.78 is 0. The summed E-state index contributed by atoms with van der Waals surface area (Å²) in [5.74, 6) is 0. The van der Waals surface area contributed by atoms with Gasteiger partial charge in [-0.05, 0) is 40.3 Å². The number of benzene rings is 4. The van der Waals surface area contributed by atoms with Crippen LogP contribution in [0.4, 0.5) is 0 Å². The third-order valence-electron chi connectivity index (χ3n) is 5.04. The van der Waals surface area contributed by atoms with E-state index >= 15 is 0 Å². The second-order valence-corrected chi connectivity index (χ2v) is 7.03. The van der Waals surface area contributed by atoms with Crippen molar-refractivity contribution in [2.75, 3.05) is 0 Å². The first-order chi connectivity index (χ1) is 14.2. The predicted octanol–water partition coefficient (Wildman–Crippen LogP) is 7.50. The monoisotopic (exact) mass is 373 g/mol. The van der Waals surface area contributed by atoms with E-state index in [0.29, 0.717) is 0 Å². The molecule has 0 aliphatic rings. The lowest BCUT2D eigenvalue weighted by Crippen LogP contribution is -1.95. The van der Waals surface area contributed by atoms with Gasteiger partial charge < -0.3 is 0 Å². The number of nitrogens with zero attached hydrogens (tertiary/aromatic N) is 1. The van der Waals surface area contributed by atoms with Crippen LogP contribution in [0, 0.1) is 0 Å². The molecule has 0 unspecified atom stereocenters. The molecule has 0 aromatic heterocycles. The van der Waals surface area contributed by atoms with E-state index in [1.807, 2.05) is 19.1 Å². The fraction of sp³-hybridized carbons (Fsp3) is 0.0357. The molecule has 4 aromatic rings. The van der Waals surface area contributed by atoms with Crippen LogP contribution in [-0.2, 0) is 0 Å². The molecule has 0 spiro atoms. The van der Waals surface area contributed by atoms with Crippen LogP contribution >= 0.6 is 0 Å². The van der Waals surface area contributed by atoms with Crippen LogP contribution in [0.15, 0.2) is 121 Å². The molecule has 1 nitrogen and oxygen atoms in total. The van der Waals surface area contributed by atoms with E-state index in [4.69, 9.17) is 4.99 Å². The summed E-state index contributed by atoms with van der Waals surface area (Å²) in [7, 11) is 0. The van der Waals surface area contributed by atoms with Crippen molar-refractivity contribution >= 4 is 11.4 Å². The summed E-state index contributed by atoms with van der Waals surface area (Å²) >= 11 is 0. The van der Waals surface area contributed by atoms with Gasteiger partial charge in [-0.3, -0.25) is 4.99 Å². The first-order valence-corrected chi connectivity index (χ1v) is 9.76. The Balaban J connectivity index is 1.50. The fourth-order valence-corrected chi connectivity index (χ4v) is 3.35. The largest absolute Gasteiger partial charge is 0.253 e. The Morgan fingerprint density at radius 2 is 0.897 bits per heavy atom. The number of aliphatic imine (C=N–C) groups is 1. The second-order valence-electron chi connectivity index (χ2n) is 7.03. The first-order valence-electron chi connectivity index (χ1n) is 9.76. The van der Waals surface area contributed by atoms with Gasteiger partial charge in [0.2, 0.25) is 0 Å². The van der Waals surface area contributed by atoms with Crippen molar-refractivity contribution in [3.63, 3.8) is 0 Å². The topological polar surface area (TPSA) is 12.4 Å². The van der Waals surface area contributed by atoms with Gasteiger partial charge in [0.25, 0.3) is 0 Å². The molecule has 0 fully saturated rings. The van der Waals surface area contributed by atoms with Gasteiger partial charge in [0.15, 0.2) is 0 Å². The normalized spacial score (nSPS) is 11.3. The van der Waals surface area contributed by atoms with E-state index in [1.54, 1.807) is 0 Å². The SMILES string of the molecule is C=C(N=C(C)c1ccc(-c2ccccc2)cc1)c1ccc(-c2ccccc2)cc1. The molecule has 0 atom stereocenters. The second kappa shape index (κ2) is 8.53. The molecule has 0 heterocycles. The highest BCUT2D eigenvalue weighted by molar-refractivity contribution is 6.01. The van der Waals surface area contributed by atoms with Crippen molar-refractivity contribution in [1.29, 1.82) is 0 Å². The van der Waals surface area contributed by atoms with Crippen LogP contribution in [0.2, 0.25) is 0 Å². The third kappa shape index (κ3) is 4.41. The number of hydrogen-bond acceptors (Lipinski definition) is 1. The van der Waals surface area contributed by atoms with Crippen molar-refractivity contribution in [3.8, 4) is 22.3 Å². The predicted molar refractivity (Wildman–Crippen MR) is 125 cm³/mol. The smallest absolute Gasteiger partial charge is 0.0633 e. The summed E-state index contributed by atoms with van der Waals surface area (Å²) in [6, 6.07) is 37.7. The minimum absolute atomic E-state index is 0.772. The highest BCUT2D eigenvalue weighted by Crippen LogP contribution is 2.23. The van der Waals surface area contributed by atoms with E-state index in [2.05, 4.69) is 104 Å². The molecular weight excluding hydrogens is 350 g/mol. The average molecular weight is 373 g/mol. The van der Waals surface area contributed by atoms with Gasteiger partial charge in [0.1, 0.15) is 0 Å². The molecule has 29 heavy (non-hydrogen) atoms. The van der Waals surface area contributed by atoms with Gasteiger partial charge in [-0.2, -0.15) is 0 Å². The molecule has 0 radical (unpaired) electrons. The summed E-state index contributed by atoms with van der Waals surface area (Å²) in [6.07, 6.45) is 0. The fourth-order valence-electron chi connectivity index (χ4n) is 3.35. The van der Waals surface area contributed by atoms with Gasteiger partial charge >= 0.3 is 0 Å². The maximum Gasteiger partial charge on any atom is 0.0633 e. The van der Waals surface area contributed by atoms with Gasteiger partial charge in [-0.25, -0.2) is 0 Å². The molecule has 4 rings (SSSR count). The lowest BCUT2D eigenvalue weighted by atomic mass is 10.0. The van der Waals surface area contributed by atoms with E-state index in [-0.39, 0.29) is 0 Å². The number of rotatable bonds is 5. The number of hydrogen-bond donors (Lipinski definition) is 0. The molecule has 4 aromatic carbocycles. The molecular formula is C28H23N. The maximum atomic E-state index is 4.74. The Bertz CT molecular complexity index is 1120. The van der Waals surface area contributed by atoms with Gasteiger partial charge in [-0.1, -0.05) is 116 Å². The zero-order valence-electron chi connectivity index (χ0n) is 16.5. The quantitative estimate of drug-likeness (QED) is 0.321. The molecule has 0 aliphatic carbocycles. The van der Waals surface area contributed by atoms with Crippen molar-refractivity contribution in [2.45, 2.75) is 6.92 Å². The Hall–Kier alpha value is -3.71. The molecule has 0 saturated heterocycles. The molecule has 0 N–H and O–H groups in total. The van der Waals surface area contributed by atoms with Gasteiger partial charge in [-0.15, -0.1) is 0 Å². The lowest BCUT2D eigenvalue weighted by molar-refractivity contribution is 1.47. The molecule has 0 aliphatic heterocycles. The van der Waals surface area contributed by atoms with Crippen LogP contribution in [0.5, 0.6) is 0 Å². The molecule has 1 heteroatoms. The summed E-state index contributed by atoms with van der Waals surface area (Å²) in [6.45, 7) is 6.20. The van der Waals surface area contributed by atoms with Gasteiger partial charge in [0.05, 0.1) is 5.70 Å². The maximum absolute atomic E-state index is 4.74. The molecule has 140 valence electrons. The molecule has 0 saturated carbocycles. The Morgan fingerprint density at radius 1 is 0.517 bits per heavy atom. The third-order valence-corrected chi connectivity index (χ3v) is 5.04. The van der Waals surface area contributed by atoms with E-state index < -0.39 is 0 Å². The minimum atomic E-state index is 0.772. The van der Waals surface area contributed by atoms with E-state index in [1.165, 1.54) is 22.3 Å². The Morgan fingerprint density at radius 3 is 1.34 bits per heavy atom. The highest BCUT2D eigenvalue weighted by atomic mass is 14.7. The standard InChI is InChI=1S/C28H23N/c1-21(23-13-17-27(18-14-23)25-9-5-3-6-10-25)29-22(2)24-15-19-28(20-16-24)26-11-7-4-8-12-26/h3-20H,1H2,2H3. The van der Waals surface area contributed by atoms with Crippen LogP contribution < -0.4 is 0 Å². The summed E-state index contributed by atoms with van der Waals surface area (Å²) in [5.41, 5.74) is 8.70. The zero-order valence-corrected chi connectivity index (χ0v) is 16.5. The van der Waals surface area contributed by atoms with Crippen LogP contribution in [0.3, 0.4) is 0 Å². The Labute approximate surface area is 172 Å².